The van der Waals surface area contributed by atoms with Crippen LogP contribution in [0.3, 0.4) is 0 Å². The molecular weight excluding hydrogens is 342 g/mol. The van der Waals surface area contributed by atoms with Gasteiger partial charge in [-0.3, -0.25) is 4.79 Å². The predicted octanol–water partition coefficient (Wildman–Crippen LogP) is 2.19. The minimum atomic E-state index is -0.402. The number of halogens is 1. The van der Waals surface area contributed by atoms with Crippen LogP contribution >= 0.6 is 12.4 Å². The van der Waals surface area contributed by atoms with Gasteiger partial charge in [0.25, 0.3) is 0 Å². The van der Waals surface area contributed by atoms with Gasteiger partial charge in [0.2, 0.25) is 0 Å². The molecule has 5 rings (SSSR count). The molecule has 2 heterocycles. The number of hydrogen-bond donors (Lipinski definition) is 1. The third kappa shape index (κ3) is 1.97. The highest BCUT2D eigenvalue weighted by molar-refractivity contribution is 5.85. The zero-order valence-corrected chi connectivity index (χ0v) is 15.1. The van der Waals surface area contributed by atoms with Crippen molar-refractivity contribution in [3.8, 4) is 11.5 Å². The summed E-state index contributed by atoms with van der Waals surface area (Å²) in [6.07, 6.45) is 5.45. The zero-order valence-electron chi connectivity index (χ0n) is 14.3. The lowest BCUT2D eigenvalue weighted by molar-refractivity contribution is -0.152. The van der Waals surface area contributed by atoms with Gasteiger partial charge in [-0.1, -0.05) is 12.1 Å². The number of hydrogen-bond acceptors (Lipinski definition) is 5. The van der Waals surface area contributed by atoms with Gasteiger partial charge in [0.1, 0.15) is 6.10 Å². The molecule has 25 heavy (non-hydrogen) atoms. The smallest absolute Gasteiger partial charge is 0.303 e. The normalized spacial score (nSPS) is 36.9. The first kappa shape index (κ1) is 16.7. The van der Waals surface area contributed by atoms with E-state index < -0.39 is 6.10 Å². The summed E-state index contributed by atoms with van der Waals surface area (Å²) < 4.78 is 11.8. The van der Waals surface area contributed by atoms with Gasteiger partial charge in [-0.2, -0.15) is 0 Å². The van der Waals surface area contributed by atoms with Crippen LogP contribution in [0.5, 0.6) is 11.5 Å². The van der Waals surface area contributed by atoms with Gasteiger partial charge in [0.05, 0.1) is 0 Å². The zero-order chi connectivity index (χ0) is 16.6. The Kier molecular flexibility index (Phi) is 3.61. The van der Waals surface area contributed by atoms with E-state index in [0.29, 0.717) is 17.7 Å². The van der Waals surface area contributed by atoms with E-state index >= 15 is 0 Å². The van der Waals surface area contributed by atoms with Gasteiger partial charge in [-0.05, 0) is 44.1 Å². The molecule has 6 heteroatoms. The summed E-state index contributed by atoms with van der Waals surface area (Å²) in [6, 6.07) is 4.18. The molecule has 4 aliphatic rings. The summed E-state index contributed by atoms with van der Waals surface area (Å²) in [5.74, 6) is 0.814. The maximum atomic E-state index is 11.6. The van der Waals surface area contributed by atoms with Gasteiger partial charge in [0.15, 0.2) is 17.6 Å². The second kappa shape index (κ2) is 5.39. The van der Waals surface area contributed by atoms with E-state index in [4.69, 9.17) is 9.47 Å². The third-order valence-electron chi connectivity index (χ3n) is 6.43. The standard InChI is InChI=1S/C19H21NO4.ClH/c1-10(21)23-15-6-4-12-13-9-11-3-5-14(22)17-16(11)19(12,18(15)24-17)7-8-20(13)2;/h3-6,12-13,15,18,22H,7-9H2,1-2H3;1H/t12-,13+,15-,18-,19-;/m0./s1. The van der Waals surface area contributed by atoms with Gasteiger partial charge >= 0.3 is 5.97 Å². The molecule has 1 aromatic carbocycles. The van der Waals surface area contributed by atoms with Crippen molar-refractivity contribution in [2.75, 3.05) is 13.6 Å². The molecule has 134 valence electrons. The molecule has 5 atom stereocenters. The molecular formula is C19H22ClNO4. The summed E-state index contributed by atoms with van der Waals surface area (Å²) in [7, 11) is 2.18. The average molecular weight is 364 g/mol. The van der Waals surface area contributed by atoms with Crippen LogP contribution < -0.4 is 4.74 Å². The van der Waals surface area contributed by atoms with Gasteiger partial charge < -0.3 is 19.5 Å². The topological polar surface area (TPSA) is 59.0 Å². The molecule has 2 aliphatic carbocycles. The number of likely N-dealkylation sites (N-methyl/N-ethyl adjacent to an activating group) is 1. The molecule has 2 bridgehead atoms. The number of aromatic hydroxyl groups is 1. The number of carbonyl (C=O) groups excluding carboxylic acids is 1. The fraction of sp³-hybridized carbons (Fsp3) is 0.526. The largest absolute Gasteiger partial charge is 0.504 e. The molecule has 1 N–H and O–H groups in total. The molecule has 1 fully saturated rings. The highest BCUT2D eigenvalue weighted by Crippen LogP contribution is 2.62. The minimum absolute atomic E-state index is 0. The lowest BCUT2D eigenvalue weighted by Gasteiger charge is -2.56. The summed E-state index contributed by atoms with van der Waals surface area (Å²) in [5, 5.41) is 10.4. The van der Waals surface area contributed by atoms with E-state index in [9.17, 15) is 9.90 Å². The van der Waals surface area contributed by atoms with Crippen molar-refractivity contribution in [3.05, 3.63) is 35.4 Å². The first-order chi connectivity index (χ1) is 11.5. The summed E-state index contributed by atoms with van der Waals surface area (Å²) in [6.45, 7) is 2.41. The maximum Gasteiger partial charge on any atom is 0.303 e. The van der Waals surface area contributed by atoms with Crippen molar-refractivity contribution in [1.82, 2.24) is 4.90 Å². The molecule has 1 saturated heterocycles. The number of likely N-dealkylation sites (tertiary alicyclic amines) is 1. The number of rotatable bonds is 1. The summed E-state index contributed by atoms with van der Waals surface area (Å²) in [5.41, 5.74) is 2.21. The van der Waals surface area contributed by atoms with Gasteiger partial charge in [0, 0.05) is 29.9 Å². The monoisotopic (exact) mass is 363 g/mol. The quantitative estimate of drug-likeness (QED) is 0.612. The first-order valence-electron chi connectivity index (χ1n) is 8.60. The van der Waals surface area contributed by atoms with Crippen LogP contribution in [0.2, 0.25) is 0 Å². The van der Waals surface area contributed by atoms with E-state index in [1.54, 1.807) is 6.07 Å². The van der Waals surface area contributed by atoms with Crippen LogP contribution in [0, 0.1) is 5.92 Å². The van der Waals surface area contributed by atoms with Crippen molar-refractivity contribution < 1.29 is 19.4 Å². The Hall–Kier alpha value is -1.72. The highest BCUT2D eigenvalue weighted by Gasteiger charge is 2.64. The van der Waals surface area contributed by atoms with Crippen molar-refractivity contribution >= 4 is 18.4 Å². The Morgan fingerprint density at radius 3 is 2.96 bits per heavy atom. The Labute approximate surface area is 153 Å². The second-order valence-corrected chi connectivity index (χ2v) is 7.51. The molecule has 0 radical (unpaired) electrons. The van der Waals surface area contributed by atoms with E-state index in [1.807, 2.05) is 12.1 Å². The lowest BCUT2D eigenvalue weighted by atomic mass is 9.53. The number of esters is 1. The number of carbonyl (C=O) groups is 1. The van der Waals surface area contributed by atoms with Crippen LogP contribution in [0.15, 0.2) is 24.3 Å². The lowest BCUT2D eigenvalue weighted by Crippen LogP contribution is -2.65. The molecule has 2 aliphatic heterocycles. The minimum Gasteiger partial charge on any atom is -0.504 e. The summed E-state index contributed by atoms with van der Waals surface area (Å²) >= 11 is 0. The highest BCUT2D eigenvalue weighted by atomic mass is 35.5. The van der Waals surface area contributed by atoms with E-state index in [1.165, 1.54) is 12.5 Å². The number of ether oxygens (including phenoxy) is 2. The fourth-order valence-corrected chi connectivity index (χ4v) is 5.51. The first-order valence-corrected chi connectivity index (χ1v) is 8.60. The fourth-order valence-electron chi connectivity index (χ4n) is 5.51. The molecule has 1 aromatic rings. The average Bonchev–Trinajstić information content (AvgIpc) is 2.89. The predicted molar refractivity (Wildman–Crippen MR) is 94.4 cm³/mol. The molecule has 0 unspecified atom stereocenters. The number of phenolic OH excluding ortho intramolecular Hbond substituents is 1. The van der Waals surface area contributed by atoms with Crippen LogP contribution in [0.1, 0.15) is 24.5 Å². The molecule has 1 spiro atoms. The Morgan fingerprint density at radius 1 is 1.40 bits per heavy atom. The van der Waals surface area contributed by atoms with Crippen molar-refractivity contribution in [2.24, 2.45) is 5.92 Å². The van der Waals surface area contributed by atoms with Crippen molar-refractivity contribution in [3.63, 3.8) is 0 Å². The van der Waals surface area contributed by atoms with Crippen molar-refractivity contribution in [2.45, 2.75) is 43.4 Å². The van der Waals surface area contributed by atoms with E-state index in [2.05, 4.69) is 18.0 Å². The van der Waals surface area contributed by atoms with Crippen LogP contribution in [0.25, 0.3) is 0 Å². The summed E-state index contributed by atoms with van der Waals surface area (Å²) in [4.78, 5) is 14.0. The Bertz CT molecular complexity index is 779. The Balaban J connectivity index is 0.00000157. The van der Waals surface area contributed by atoms with E-state index in [-0.39, 0.29) is 35.6 Å². The SMILES string of the molecule is CC(=O)O[C@H]1C=C[C@H]2[C@H]3Cc4ccc(O)c5c4[C@@]2(CCN3C)[C@H]1O5.Cl. The number of benzene rings is 1. The van der Waals surface area contributed by atoms with Gasteiger partial charge in [-0.25, -0.2) is 0 Å². The van der Waals surface area contributed by atoms with Crippen LogP contribution in [-0.2, 0) is 21.4 Å². The van der Waals surface area contributed by atoms with Crippen LogP contribution in [0.4, 0.5) is 0 Å². The molecule has 5 nitrogen and oxygen atoms in total. The number of phenols is 1. The van der Waals surface area contributed by atoms with Crippen LogP contribution in [-0.4, -0.2) is 47.8 Å². The number of piperidine rings is 1. The van der Waals surface area contributed by atoms with Gasteiger partial charge in [-0.15, -0.1) is 12.4 Å². The third-order valence-corrected chi connectivity index (χ3v) is 6.43. The number of nitrogens with zero attached hydrogens (tertiary/aromatic N) is 1. The second-order valence-electron chi connectivity index (χ2n) is 7.51. The molecule has 0 aromatic heterocycles. The molecule has 0 amide bonds. The van der Waals surface area contributed by atoms with Crippen molar-refractivity contribution in [1.29, 1.82) is 0 Å². The maximum absolute atomic E-state index is 11.6. The Morgan fingerprint density at radius 2 is 2.20 bits per heavy atom. The van der Waals surface area contributed by atoms with E-state index in [0.717, 1.165) is 24.9 Å². The molecule has 0 saturated carbocycles.